The number of hydrogen-bond acceptors (Lipinski definition) is 3. The number of halogens is 2. The monoisotopic (exact) mass is 366 g/mol. The topological polar surface area (TPSA) is 42.5 Å². The molecule has 0 spiro atoms. The second kappa shape index (κ2) is 9.17. The van der Waals surface area contributed by atoms with E-state index in [4.69, 9.17) is 17.0 Å². The first-order chi connectivity index (χ1) is 12.0. The second-order valence-electron chi connectivity index (χ2n) is 5.35. The van der Waals surface area contributed by atoms with Gasteiger partial charge in [-0.1, -0.05) is 17.7 Å². The van der Waals surface area contributed by atoms with Crippen LogP contribution in [0.2, 0.25) is 0 Å². The van der Waals surface area contributed by atoms with Gasteiger partial charge in [-0.3, -0.25) is 0 Å². The van der Waals surface area contributed by atoms with E-state index >= 15 is 0 Å². The largest absolute Gasteiger partial charge is 0.496 e. The molecule has 0 heterocycles. The lowest BCUT2D eigenvalue weighted by Gasteiger charge is -2.13. The van der Waals surface area contributed by atoms with Gasteiger partial charge in [0.15, 0.2) is 5.11 Å². The Morgan fingerprint density at radius 2 is 1.88 bits per heavy atom. The zero-order chi connectivity index (χ0) is 18.2. The summed E-state index contributed by atoms with van der Waals surface area (Å²) in [6, 6.07) is 12.2. The first kappa shape index (κ1) is 18.9. The third-order valence-electron chi connectivity index (χ3n) is 3.45. The van der Waals surface area contributed by atoms with Gasteiger partial charge in [0.2, 0.25) is 0 Å². The van der Waals surface area contributed by atoms with Crippen LogP contribution in [0.4, 0.5) is 14.5 Å². The van der Waals surface area contributed by atoms with Gasteiger partial charge in [-0.15, -0.1) is 0 Å². The Kier molecular flexibility index (Phi) is 6.94. The zero-order valence-corrected chi connectivity index (χ0v) is 14.8. The van der Waals surface area contributed by atoms with E-state index in [1.54, 1.807) is 19.2 Å². The molecule has 0 saturated carbocycles. The smallest absolute Gasteiger partial charge is 0.387 e. The highest BCUT2D eigenvalue weighted by Crippen LogP contribution is 2.20. The van der Waals surface area contributed by atoms with Gasteiger partial charge in [-0.05, 0) is 61.5 Å². The number of anilines is 1. The minimum atomic E-state index is -2.83. The van der Waals surface area contributed by atoms with Crippen molar-refractivity contribution in [2.45, 2.75) is 20.0 Å². The molecule has 0 unspecified atom stereocenters. The van der Waals surface area contributed by atoms with Crippen LogP contribution < -0.4 is 20.1 Å². The molecule has 2 N–H and O–H groups in total. The van der Waals surface area contributed by atoms with E-state index in [0.29, 0.717) is 17.3 Å². The lowest BCUT2D eigenvalue weighted by molar-refractivity contribution is -0.0498. The molecule has 0 fully saturated rings. The van der Waals surface area contributed by atoms with Crippen LogP contribution in [0.5, 0.6) is 11.5 Å². The molecule has 25 heavy (non-hydrogen) atoms. The molecule has 2 aromatic rings. The van der Waals surface area contributed by atoms with Gasteiger partial charge < -0.3 is 20.1 Å². The fourth-order valence-electron chi connectivity index (χ4n) is 2.31. The van der Waals surface area contributed by atoms with Gasteiger partial charge in [0.25, 0.3) is 0 Å². The van der Waals surface area contributed by atoms with E-state index in [1.807, 2.05) is 19.1 Å². The lowest BCUT2D eigenvalue weighted by atomic mass is 10.1. The lowest BCUT2D eigenvalue weighted by Crippen LogP contribution is -2.30. The van der Waals surface area contributed by atoms with Crippen molar-refractivity contribution in [2.75, 3.05) is 19.0 Å². The van der Waals surface area contributed by atoms with Crippen molar-refractivity contribution in [3.05, 3.63) is 53.6 Å². The molecular weight excluding hydrogens is 346 g/mol. The van der Waals surface area contributed by atoms with E-state index in [2.05, 4.69) is 21.4 Å². The number of thiocarbonyl (C=S) groups is 1. The Labute approximate surface area is 151 Å². The predicted molar refractivity (Wildman–Crippen MR) is 98.7 cm³/mol. The maximum atomic E-state index is 12.1. The van der Waals surface area contributed by atoms with Gasteiger partial charge in [-0.2, -0.15) is 8.78 Å². The van der Waals surface area contributed by atoms with Gasteiger partial charge in [0, 0.05) is 12.2 Å². The van der Waals surface area contributed by atoms with Crippen LogP contribution >= 0.6 is 12.2 Å². The van der Waals surface area contributed by atoms with Gasteiger partial charge in [0.1, 0.15) is 11.5 Å². The minimum absolute atomic E-state index is 0.103. The predicted octanol–water partition coefficient (Wildman–Crippen LogP) is 4.13. The number of alkyl halides is 2. The van der Waals surface area contributed by atoms with E-state index < -0.39 is 6.61 Å². The SMILES string of the molecule is COc1ccc(C)cc1CCNC(=S)Nc1ccc(OC(F)F)cc1. The molecular formula is C18H20F2N2O2S. The fourth-order valence-corrected chi connectivity index (χ4v) is 2.53. The Balaban J connectivity index is 1.82. The number of aryl methyl sites for hydroxylation is 1. The molecule has 0 radical (unpaired) electrons. The molecule has 4 nitrogen and oxygen atoms in total. The number of ether oxygens (including phenoxy) is 2. The molecule has 2 aromatic carbocycles. The van der Waals surface area contributed by atoms with Crippen LogP contribution in [0.15, 0.2) is 42.5 Å². The average Bonchev–Trinajstić information content (AvgIpc) is 2.56. The quantitative estimate of drug-likeness (QED) is 0.721. The van der Waals surface area contributed by atoms with E-state index in [1.165, 1.54) is 17.7 Å². The fraction of sp³-hybridized carbons (Fsp3) is 0.278. The summed E-state index contributed by atoms with van der Waals surface area (Å²) in [5.41, 5.74) is 2.96. The summed E-state index contributed by atoms with van der Waals surface area (Å²) in [5, 5.41) is 6.56. The van der Waals surface area contributed by atoms with Crippen molar-refractivity contribution >= 4 is 23.0 Å². The van der Waals surface area contributed by atoms with E-state index in [0.717, 1.165) is 17.7 Å². The first-order valence-electron chi connectivity index (χ1n) is 7.71. The average molecular weight is 366 g/mol. The molecule has 0 bridgehead atoms. The van der Waals surface area contributed by atoms with Gasteiger partial charge >= 0.3 is 6.61 Å². The number of nitrogens with one attached hydrogen (secondary N) is 2. The number of rotatable bonds is 7. The molecule has 134 valence electrons. The first-order valence-corrected chi connectivity index (χ1v) is 8.12. The zero-order valence-electron chi connectivity index (χ0n) is 14.0. The number of benzene rings is 2. The maximum Gasteiger partial charge on any atom is 0.387 e. The Bertz CT molecular complexity index is 709. The molecule has 0 aliphatic heterocycles. The summed E-state index contributed by atoms with van der Waals surface area (Å²) in [6.07, 6.45) is 0.758. The van der Waals surface area contributed by atoms with Crippen LogP contribution in [0, 0.1) is 6.92 Å². The summed E-state index contributed by atoms with van der Waals surface area (Å²) < 4.78 is 33.9. The molecule has 7 heteroatoms. The minimum Gasteiger partial charge on any atom is -0.496 e. The van der Waals surface area contributed by atoms with Gasteiger partial charge in [0.05, 0.1) is 7.11 Å². The molecule has 0 aliphatic rings. The standard InChI is InChI=1S/C18H20F2N2O2S/c1-12-3-8-16(23-2)13(11-12)9-10-21-18(25)22-14-4-6-15(7-5-14)24-17(19)20/h3-8,11,17H,9-10H2,1-2H3,(H2,21,22,25). The Morgan fingerprint density at radius 3 is 2.52 bits per heavy atom. The summed E-state index contributed by atoms with van der Waals surface area (Å²) in [5.74, 6) is 0.951. The third kappa shape index (κ3) is 6.19. The Morgan fingerprint density at radius 1 is 1.16 bits per heavy atom. The molecule has 0 saturated heterocycles. The molecule has 0 aliphatic carbocycles. The highest BCUT2D eigenvalue weighted by Gasteiger charge is 2.05. The highest BCUT2D eigenvalue weighted by atomic mass is 32.1. The maximum absolute atomic E-state index is 12.1. The summed E-state index contributed by atoms with van der Waals surface area (Å²) in [6.45, 7) is -0.164. The van der Waals surface area contributed by atoms with Crippen molar-refractivity contribution in [3.8, 4) is 11.5 Å². The molecule has 0 atom stereocenters. The van der Waals surface area contributed by atoms with E-state index in [9.17, 15) is 8.78 Å². The summed E-state index contributed by atoms with van der Waals surface area (Å²) >= 11 is 5.24. The highest BCUT2D eigenvalue weighted by molar-refractivity contribution is 7.80. The number of methoxy groups -OCH3 is 1. The van der Waals surface area contributed by atoms with Crippen LogP contribution in [0.25, 0.3) is 0 Å². The van der Waals surface area contributed by atoms with E-state index in [-0.39, 0.29) is 5.75 Å². The summed E-state index contributed by atoms with van der Waals surface area (Å²) in [7, 11) is 1.65. The number of hydrogen-bond donors (Lipinski definition) is 2. The third-order valence-corrected chi connectivity index (χ3v) is 3.70. The molecule has 2 rings (SSSR count). The van der Waals surface area contributed by atoms with Crippen molar-refractivity contribution in [1.82, 2.24) is 5.32 Å². The molecule has 0 amide bonds. The van der Waals surface area contributed by atoms with Gasteiger partial charge in [-0.25, -0.2) is 0 Å². The Hall–Kier alpha value is -2.41. The van der Waals surface area contributed by atoms with Crippen molar-refractivity contribution < 1.29 is 18.3 Å². The van der Waals surface area contributed by atoms with Crippen LogP contribution in [-0.4, -0.2) is 25.4 Å². The van der Waals surface area contributed by atoms with Crippen molar-refractivity contribution in [2.24, 2.45) is 0 Å². The van der Waals surface area contributed by atoms with Crippen molar-refractivity contribution in [1.29, 1.82) is 0 Å². The normalized spacial score (nSPS) is 10.4. The second-order valence-corrected chi connectivity index (χ2v) is 5.76. The van der Waals surface area contributed by atoms with Crippen LogP contribution in [0.1, 0.15) is 11.1 Å². The summed E-state index contributed by atoms with van der Waals surface area (Å²) in [4.78, 5) is 0. The molecule has 0 aromatic heterocycles. The van der Waals surface area contributed by atoms with Crippen LogP contribution in [-0.2, 0) is 6.42 Å². The van der Waals surface area contributed by atoms with Crippen molar-refractivity contribution in [3.63, 3.8) is 0 Å². The van der Waals surface area contributed by atoms with Crippen LogP contribution in [0.3, 0.4) is 0 Å².